The van der Waals surface area contributed by atoms with Crippen LogP contribution in [0.25, 0.3) is 0 Å². The van der Waals surface area contributed by atoms with Gasteiger partial charge in [0.25, 0.3) is 0 Å². The zero-order chi connectivity index (χ0) is 19.5. The van der Waals surface area contributed by atoms with E-state index in [0.717, 1.165) is 25.0 Å². The van der Waals surface area contributed by atoms with Crippen molar-refractivity contribution >= 4 is 22.9 Å². The van der Waals surface area contributed by atoms with Crippen LogP contribution in [-0.2, 0) is 30.7 Å². The van der Waals surface area contributed by atoms with Gasteiger partial charge in [0.05, 0.1) is 12.1 Å². The Hall–Kier alpha value is -1.97. The number of fused-ring (bicyclic) bond motifs is 2. The van der Waals surface area contributed by atoms with Crippen LogP contribution in [0.15, 0.2) is 17.0 Å². The van der Waals surface area contributed by atoms with Crippen LogP contribution in [0, 0.1) is 11.6 Å². The van der Waals surface area contributed by atoms with Gasteiger partial charge in [-0.2, -0.15) is 4.98 Å². The maximum atomic E-state index is 13.6. The Kier molecular flexibility index (Phi) is 4.22. The fraction of sp³-hybridized carbons (Fsp3) is 0.474. The van der Waals surface area contributed by atoms with E-state index in [2.05, 4.69) is 15.3 Å². The second-order valence-corrected chi connectivity index (χ2v) is 9.26. The monoisotopic (exact) mass is 406 g/mol. The van der Waals surface area contributed by atoms with Crippen molar-refractivity contribution in [3.8, 4) is 0 Å². The first-order valence-corrected chi connectivity index (χ1v) is 10.7. The quantitative estimate of drug-likeness (QED) is 0.758. The summed E-state index contributed by atoms with van der Waals surface area (Å²) in [5, 5.41) is 13.1. The fourth-order valence-corrected chi connectivity index (χ4v) is 5.43. The topological polar surface area (TPSA) is 84.3 Å². The molecule has 1 aromatic carbocycles. The lowest BCUT2D eigenvalue weighted by Crippen LogP contribution is -2.48. The van der Waals surface area contributed by atoms with E-state index in [0.29, 0.717) is 53.1 Å². The molecule has 1 fully saturated rings. The first-order valence-electron chi connectivity index (χ1n) is 9.38. The normalized spacial score (nSPS) is 22.0. The highest BCUT2D eigenvalue weighted by Gasteiger charge is 2.41. The van der Waals surface area contributed by atoms with Crippen LogP contribution in [0.1, 0.15) is 36.1 Å². The smallest absolute Gasteiger partial charge is 0.228 e. The van der Waals surface area contributed by atoms with Crippen molar-refractivity contribution in [1.82, 2.24) is 9.97 Å². The molecule has 1 atom stereocenters. The number of hydrogen-bond donors (Lipinski definition) is 2. The second-order valence-electron chi connectivity index (χ2n) is 7.76. The van der Waals surface area contributed by atoms with E-state index in [-0.39, 0.29) is 6.61 Å². The average molecular weight is 406 g/mol. The third kappa shape index (κ3) is 2.84. The minimum absolute atomic E-state index is 0.0124. The lowest BCUT2D eigenvalue weighted by Gasteiger charge is -2.41. The first-order chi connectivity index (χ1) is 13.5. The third-order valence-electron chi connectivity index (χ3n) is 5.92. The summed E-state index contributed by atoms with van der Waals surface area (Å²) in [4.78, 5) is 11.7. The summed E-state index contributed by atoms with van der Waals surface area (Å²) >= 11 is -1.17. The van der Waals surface area contributed by atoms with E-state index < -0.39 is 28.3 Å². The van der Waals surface area contributed by atoms with Crippen LogP contribution < -0.4 is 10.2 Å². The van der Waals surface area contributed by atoms with E-state index in [1.165, 1.54) is 12.1 Å². The van der Waals surface area contributed by atoms with E-state index >= 15 is 0 Å². The molecule has 0 amide bonds. The number of aryl methyl sites for hydroxylation is 1. The molecular weight excluding hydrogens is 386 g/mol. The van der Waals surface area contributed by atoms with Crippen LogP contribution in [0.3, 0.4) is 0 Å². The molecule has 9 heteroatoms. The van der Waals surface area contributed by atoms with Gasteiger partial charge in [0.2, 0.25) is 10.8 Å². The zero-order valence-electron chi connectivity index (χ0n) is 15.2. The highest BCUT2D eigenvalue weighted by atomic mass is 32.2. The molecule has 1 aliphatic carbocycles. The lowest BCUT2D eigenvalue weighted by molar-refractivity contribution is 0.143. The molecular formula is C19H20F2N4O2S. The number of aliphatic hydroxyl groups is 1. The number of aromatic nitrogens is 2. The number of aliphatic hydroxyl groups excluding tert-OH is 1. The van der Waals surface area contributed by atoms with Crippen LogP contribution >= 0.6 is 0 Å². The van der Waals surface area contributed by atoms with E-state index in [9.17, 15) is 18.4 Å². The predicted molar refractivity (Wildman–Crippen MR) is 101 cm³/mol. The van der Waals surface area contributed by atoms with Gasteiger partial charge >= 0.3 is 0 Å². The van der Waals surface area contributed by atoms with E-state index in [1.54, 1.807) is 0 Å². The maximum Gasteiger partial charge on any atom is 0.228 e. The Balaban J connectivity index is 1.50. The van der Waals surface area contributed by atoms with E-state index in [1.807, 2.05) is 4.90 Å². The van der Waals surface area contributed by atoms with Crippen LogP contribution in [0.2, 0.25) is 0 Å². The Morgan fingerprint density at radius 2 is 1.86 bits per heavy atom. The van der Waals surface area contributed by atoms with Crippen molar-refractivity contribution in [2.24, 2.45) is 0 Å². The Bertz CT molecular complexity index is 918. The fourth-order valence-electron chi connectivity index (χ4n) is 4.12. The Labute approximate surface area is 164 Å². The van der Waals surface area contributed by atoms with Crippen molar-refractivity contribution in [3.63, 3.8) is 0 Å². The first kappa shape index (κ1) is 18.1. The maximum absolute atomic E-state index is 13.6. The highest BCUT2D eigenvalue weighted by Crippen LogP contribution is 2.40. The summed E-state index contributed by atoms with van der Waals surface area (Å²) in [7, 11) is 0. The summed E-state index contributed by atoms with van der Waals surface area (Å²) < 4.78 is 39.6. The average Bonchev–Trinajstić information content (AvgIpc) is 3.22. The second kappa shape index (κ2) is 6.53. The summed E-state index contributed by atoms with van der Waals surface area (Å²) in [6.07, 6.45) is 3.29. The summed E-state index contributed by atoms with van der Waals surface area (Å²) in [5.41, 5.74) is 1.75. The molecule has 2 N–H and O–H groups in total. The van der Waals surface area contributed by atoms with Crippen molar-refractivity contribution < 1.29 is 18.4 Å². The van der Waals surface area contributed by atoms with Crippen molar-refractivity contribution in [3.05, 3.63) is 40.6 Å². The summed E-state index contributed by atoms with van der Waals surface area (Å²) in [6, 6.07) is 2.45. The van der Waals surface area contributed by atoms with Gasteiger partial charge in [-0.05, 0) is 53.7 Å². The predicted octanol–water partition coefficient (Wildman–Crippen LogP) is 2.27. The highest BCUT2D eigenvalue weighted by molar-refractivity contribution is 7.91. The minimum Gasteiger partial charge on any atom is -0.611 e. The minimum atomic E-state index is -1.17. The van der Waals surface area contributed by atoms with Crippen LogP contribution in [0.5, 0.6) is 0 Å². The molecule has 28 heavy (non-hydrogen) atoms. The molecule has 2 aromatic rings. The molecule has 3 heterocycles. The van der Waals surface area contributed by atoms with Gasteiger partial charge in [-0.25, -0.2) is 13.8 Å². The third-order valence-corrected chi connectivity index (χ3v) is 7.38. The molecule has 148 valence electrons. The number of anilines is 2. The molecule has 6 nitrogen and oxygen atoms in total. The number of benzene rings is 1. The molecule has 2 aliphatic heterocycles. The number of nitrogens with zero attached hydrogens (tertiary/aromatic N) is 3. The van der Waals surface area contributed by atoms with Gasteiger partial charge in [-0.1, -0.05) is 0 Å². The van der Waals surface area contributed by atoms with Gasteiger partial charge in [-0.3, -0.25) is 0 Å². The van der Waals surface area contributed by atoms with Gasteiger partial charge < -0.3 is 19.9 Å². The summed E-state index contributed by atoms with van der Waals surface area (Å²) in [5.74, 6) is -0.251. The van der Waals surface area contributed by atoms with Gasteiger partial charge in [0, 0.05) is 19.5 Å². The Morgan fingerprint density at radius 3 is 2.43 bits per heavy atom. The van der Waals surface area contributed by atoms with Gasteiger partial charge in [0.15, 0.2) is 17.5 Å². The molecule has 5 rings (SSSR count). The van der Waals surface area contributed by atoms with Crippen molar-refractivity contribution in [2.45, 2.75) is 49.2 Å². The molecule has 0 spiro atoms. The van der Waals surface area contributed by atoms with Crippen molar-refractivity contribution in [1.29, 1.82) is 0 Å². The number of halogens is 2. The number of nitrogens with one attached hydrogen (secondary N) is 1. The zero-order valence-corrected chi connectivity index (χ0v) is 16.0. The van der Waals surface area contributed by atoms with Crippen molar-refractivity contribution in [2.75, 3.05) is 22.6 Å². The molecule has 1 aromatic heterocycles. The molecule has 3 aliphatic rings. The Morgan fingerprint density at radius 1 is 1.18 bits per heavy atom. The standard InChI is InChI=1S/C19H20F2N4O2S/c20-13-6-11-8-25(9-12(11)7-14(13)21)18-22-15-2-5-28(27)16(15)17(23-18)24-19(10-26)3-1-4-19/h6-7,26H,1-5,8-10H2,(H,22,23,24)/t28-/m1/s1. The summed E-state index contributed by atoms with van der Waals surface area (Å²) in [6.45, 7) is 0.763. The molecule has 0 unspecified atom stereocenters. The molecule has 0 radical (unpaired) electrons. The lowest BCUT2D eigenvalue weighted by atomic mass is 9.77. The number of hydrogen-bond acceptors (Lipinski definition) is 6. The van der Waals surface area contributed by atoms with Crippen LogP contribution in [0.4, 0.5) is 20.5 Å². The largest absolute Gasteiger partial charge is 0.611 e. The SMILES string of the molecule is [O-][S@+]1CCc2nc(N3Cc4cc(F)c(F)cc4C3)nc(NC3(CO)CCC3)c21. The van der Waals surface area contributed by atoms with E-state index in [4.69, 9.17) is 0 Å². The number of rotatable bonds is 4. The molecule has 0 bridgehead atoms. The van der Waals surface area contributed by atoms with Gasteiger partial charge in [-0.15, -0.1) is 0 Å². The molecule has 0 saturated heterocycles. The van der Waals surface area contributed by atoms with Crippen LogP contribution in [-0.4, -0.2) is 37.5 Å². The van der Waals surface area contributed by atoms with Gasteiger partial charge in [0.1, 0.15) is 11.4 Å². The molecule has 1 saturated carbocycles.